The van der Waals surface area contributed by atoms with Crippen LogP contribution in [0.2, 0.25) is 0 Å². The van der Waals surface area contributed by atoms with E-state index in [-0.39, 0.29) is 25.3 Å². The van der Waals surface area contributed by atoms with Crippen LogP contribution in [0.3, 0.4) is 0 Å². The molecule has 33 heavy (non-hydrogen) atoms. The first-order valence-corrected chi connectivity index (χ1v) is 12.5. The van der Waals surface area contributed by atoms with Crippen molar-refractivity contribution in [2.24, 2.45) is 0 Å². The predicted octanol–water partition coefficient (Wildman–Crippen LogP) is 3.77. The molecule has 0 atom stereocenters. The fourth-order valence-corrected chi connectivity index (χ4v) is 4.76. The summed E-state index contributed by atoms with van der Waals surface area (Å²) in [7, 11) is -3.42. The third-order valence-electron chi connectivity index (χ3n) is 5.70. The van der Waals surface area contributed by atoms with Crippen LogP contribution in [0.5, 0.6) is 0 Å². The van der Waals surface area contributed by atoms with Crippen molar-refractivity contribution < 1.29 is 17.9 Å². The van der Waals surface area contributed by atoms with Crippen molar-refractivity contribution in [1.82, 2.24) is 9.29 Å². The van der Waals surface area contributed by atoms with Gasteiger partial charge in [-0.05, 0) is 52.9 Å². The summed E-state index contributed by atoms with van der Waals surface area (Å²) in [6.45, 7) is 2.05. The molecule has 0 aliphatic heterocycles. The van der Waals surface area contributed by atoms with Gasteiger partial charge in [-0.1, -0.05) is 31.2 Å². The van der Waals surface area contributed by atoms with Gasteiger partial charge in [0.15, 0.2) is 0 Å². The molecule has 2 N–H and O–H groups in total. The zero-order chi connectivity index (χ0) is 23.6. The Bertz CT molecular complexity index is 1440. The number of nitrogens with zero attached hydrogens (tertiary/aromatic N) is 1. The molecule has 4 rings (SSSR count). The summed E-state index contributed by atoms with van der Waals surface area (Å²) in [5, 5.41) is 10.1. The number of benzene rings is 2. The number of hydrogen-bond donors (Lipinski definition) is 2. The molecule has 0 saturated heterocycles. The minimum Gasteiger partial charge on any atom is -0.463 e. The lowest BCUT2D eigenvalue weighted by atomic mass is 9.96. The van der Waals surface area contributed by atoms with Crippen LogP contribution in [0.1, 0.15) is 18.1 Å². The van der Waals surface area contributed by atoms with Crippen LogP contribution in [-0.4, -0.2) is 42.2 Å². The van der Waals surface area contributed by atoms with Gasteiger partial charge in [0.05, 0.1) is 19.1 Å². The van der Waals surface area contributed by atoms with Gasteiger partial charge in [0.25, 0.3) is 5.56 Å². The van der Waals surface area contributed by atoms with Crippen LogP contribution in [-0.2, 0) is 23.0 Å². The Balaban J connectivity index is 1.74. The number of aromatic amines is 1. The number of nitrogens with one attached hydrogen (secondary N) is 1. The highest BCUT2D eigenvalue weighted by atomic mass is 32.2. The summed E-state index contributed by atoms with van der Waals surface area (Å²) < 4.78 is 31.0. The maximum absolute atomic E-state index is 12.3. The highest BCUT2D eigenvalue weighted by molar-refractivity contribution is 7.88. The average molecular weight is 467 g/mol. The third kappa shape index (κ3) is 4.78. The van der Waals surface area contributed by atoms with Crippen LogP contribution in [0.25, 0.3) is 33.2 Å². The number of fused-ring (bicyclic) bond motifs is 1. The van der Waals surface area contributed by atoms with Crippen molar-refractivity contribution in [1.29, 1.82) is 0 Å². The van der Waals surface area contributed by atoms with Crippen molar-refractivity contribution >= 4 is 21.0 Å². The molecule has 4 aromatic rings. The first-order chi connectivity index (χ1) is 15.8. The smallest absolute Gasteiger partial charge is 0.255 e. The largest absolute Gasteiger partial charge is 0.463 e. The topological polar surface area (TPSA) is 104 Å². The number of furan rings is 1. The van der Waals surface area contributed by atoms with Crippen LogP contribution < -0.4 is 5.56 Å². The third-order valence-corrected chi connectivity index (χ3v) is 6.95. The van der Waals surface area contributed by atoms with E-state index in [1.54, 1.807) is 24.6 Å². The molecule has 172 valence electrons. The van der Waals surface area contributed by atoms with E-state index in [0.29, 0.717) is 5.56 Å². The van der Waals surface area contributed by atoms with Crippen molar-refractivity contribution in [3.05, 3.63) is 82.5 Å². The Labute approximate surface area is 192 Å². The number of aromatic nitrogens is 1. The number of aryl methyl sites for hydroxylation is 1. The quantitative estimate of drug-likeness (QED) is 0.411. The number of rotatable bonds is 8. The summed E-state index contributed by atoms with van der Waals surface area (Å²) in [5.41, 5.74) is 5.72. The van der Waals surface area contributed by atoms with Crippen molar-refractivity contribution in [2.75, 3.05) is 19.4 Å². The standard InChI is InChI=1S/C25H26N2O5S/c1-3-18-13-20(21-5-4-10-26-25(21)29)14-22-23(16-32-24(18)22)19-8-6-17(7-9-19)15-27(11-12-28)33(2,30)31/h4-10,13-14,16,28H,3,11-12,15H2,1-2H3,(H,26,29). The van der Waals surface area contributed by atoms with Gasteiger partial charge in [0, 0.05) is 35.8 Å². The molecule has 2 aromatic heterocycles. The number of hydrogen-bond acceptors (Lipinski definition) is 5. The predicted molar refractivity (Wildman–Crippen MR) is 129 cm³/mol. The molecule has 0 aliphatic rings. The summed E-state index contributed by atoms with van der Waals surface area (Å²) >= 11 is 0. The number of H-pyrrole nitrogens is 1. The minimum atomic E-state index is -3.42. The number of aliphatic hydroxyl groups is 1. The first kappa shape index (κ1) is 23.0. The van der Waals surface area contributed by atoms with E-state index in [4.69, 9.17) is 4.42 Å². The fourth-order valence-electron chi connectivity index (χ4n) is 3.97. The molecule has 2 aromatic carbocycles. The molecule has 0 amide bonds. The lowest BCUT2D eigenvalue weighted by Gasteiger charge is -2.18. The maximum atomic E-state index is 12.3. The Kier molecular flexibility index (Phi) is 6.51. The number of sulfonamides is 1. The zero-order valence-electron chi connectivity index (χ0n) is 18.5. The molecule has 0 radical (unpaired) electrons. The normalized spacial score (nSPS) is 12.0. The van der Waals surface area contributed by atoms with E-state index in [1.807, 2.05) is 43.3 Å². The Morgan fingerprint density at radius 1 is 1.06 bits per heavy atom. The summed E-state index contributed by atoms with van der Waals surface area (Å²) in [4.78, 5) is 15.1. The Hall–Kier alpha value is -3.20. The Morgan fingerprint density at radius 2 is 1.82 bits per heavy atom. The highest BCUT2D eigenvalue weighted by Crippen LogP contribution is 2.36. The van der Waals surface area contributed by atoms with Crippen LogP contribution >= 0.6 is 0 Å². The number of pyridine rings is 1. The Morgan fingerprint density at radius 3 is 2.45 bits per heavy atom. The highest BCUT2D eigenvalue weighted by Gasteiger charge is 2.18. The lowest BCUT2D eigenvalue weighted by molar-refractivity contribution is 0.251. The zero-order valence-corrected chi connectivity index (χ0v) is 19.4. The number of aliphatic hydroxyl groups excluding tert-OH is 1. The second-order valence-corrected chi connectivity index (χ2v) is 9.93. The molecule has 0 aliphatic carbocycles. The van der Waals surface area contributed by atoms with E-state index in [9.17, 15) is 18.3 Å². The second-order valence-electron chi connectivity index (χ2n) is 7.94. The van der Waals surface area contributed by atoms with Crippen molar-refractivity contribution in [2.45, 2.75) is 19.9 Å². The molecule has 0 saturated carbocycles. The SMILES string of the molecule is CCc1cc(-c2ccc[nH]c2=O)cc2c(-c3ccc(CN(CCO)S(C)(=O)=O)cc3)coc12. The molecule has 0 spiro atoms. The second kappa shape index (κ2) is 9.35. The van der Waals surface area contributed by atoms with E-state index in [0.717, 1.165) is 51.5 Å². The molecular weight excluding hydrogens is 440 g/mol. The van der Waals surface area contributed by atoms with Gasteiger partial charge >= 0.3 is 0 Å². The van der Waals surface area contributed by atoms with Gasteiger partial charge in [-0.25, -0.2) is 8.42 Å². The molecule has 0 bridgehead atoms. The van der Waals surface area contributed by atoms with Crippen LogP contribution in [0.4, 0.5) is 0 Å². The monoisotopic (exact) mass is 466 g/mol. The van der Waals surface area contributed by atoms with Gasteiger partial charge in [-0.2, -0.15) is 4.31 Å². The summed E-state index contributed by atoms with van der Waals surface area (Å²) in [6, 6.07) is 15.2. The maximum Gasteiger partial charge on any atom is 0.255 e. The van der Waals surface area contributed by atoms with Gasteiger partial charge < -0.3 is 14.5 Å². The lowest BCUT2D eigenvalue weighted by Crippen LogP contribution is -2.32. The van der Waals surface area contributed by atoms with E-state index < -0.39 is 10.0 Å². The van der Waals surface area contributed by atoms with Gasteiger partial charge in [-0.3, -0.25) is 4.79 Å². The molecule has 7 nitrogen and oxygen atoms in total. The van der Waals surface area contributed by atoms with Crippen LogP contribution in [0, 0.1) is 0 Å². The summed E-state index contributed by atoms with van der Waals surface area (Å²) in [5.74, 6) is 0. The first-order valence-electron chi connectivity index (χ1n) is 10.7. The van der Waals surface area contributed by atoms with Gasteiger partial charge in [0.2, 0.25) is 10.0 Å². The molecule has 8 heteroatoms. The summed E-state index contributed by atoms with van der Waals surface area (Å²) in [6.07, 6.45) is 5.22. The average Bonchev–Trinajstić information content (AvgIpc) is 3.22. The molecule has 2 heterocycles. The van der Waals surface area contributed by atoms with E-state index in [1.165, 1.54) is 4.31 Å². The van der Waals surface area contributed by atoms with E-state index >= 15 is 0 Å². The van der Waals surface area contributed by atoms with Crippen molar-refractivity contribution in [3.8, 4) is 22.3 Å². The van der Waals surface area contributed by atoms with Crippen LogP contribution in [0.15, 0.2) is 70.2 Å². The fraction of sp³-hybridized carbons (Fsp3) is 0.240. The molecule has 0 fully saturated rings. The molecule has 0 unspecified atom stereocenters. The van der Waals surface area contributed by atoms with E-state index in [2.05, 4.69) is 4.98 Å². The molecular formula is C25H26N2O5S. The van der Waals surface area contributed by atoms with Gasteiger partial charge in [-0.15, -0.1) is 0 Å². The van der Waals surface area contributed by atoms with Gasteiger partial charge in [0.1, 0.15) is 5.58 Å². The minimum absolute atomic E-state index is 0.0497. The van der Waals surface area contributed by atoms with Crippen molar-refractivity contribution in [3.63, 3.8) is 0 Å².